The van der Waals surface area contributed by atoms with Gasteiger partial charge in [0, 0.05) is 52.0 Å². The monoisotopic (exact) mass is 304 g/mol. The maximum absolute atomic E-state index is 4.30. The van der Waals surface area contributed by atoms with Crippen molar-refractivity contribution in [1.82, 2.24) is 25.4 Å². The molecule has 0 spiro atoms. The fourth-order valence-corrected chi connectivity index (χ4v) is 2.53. The van der Waals surface area contributed by atoms with E-state index in [1.54, 1.807) is 7.05 Å². The van der Waals surface area contributed by atoms with E-state index in [0.717, 1.165) is 44.4 Å². The van der Waals surface area contributed by atoms with Crippen molar-refractivity contribution in [3.05, 3.63) is 30.1 Å². The molecule has 0 radical (unpaired) electrons. The summed E-state index contributed by atoms with van der Waals surface area (Å²) < 4.78 is 0. The van der Waals surface area contributed by atoms with Crippen molar-refractivity contribution in [2.24, 2.45) is 4.99 Å². The quantitative estimate of drug-likeness (QED) is 0.608. The van der Waals surface area contributed by atoms with Gasteiger partial charge in [0.15, 0.2) is 5.96 Å². The number of nitrogens with one attached hydrogen (secondary N) is 2. The third kappa shape index (κ3) is 5.27. The molecule has 2 N–H and O–H groups in total. The van der Waals surface area contributed by atoms with Crippen LogP contribution in [-0.2, 0) is 6.54 Å². The molecule has 0 saturated carbocycles. The number of aliphatic imine (C=N–C) groups is 1. The van der Waals surface area contributed by atoms with Crippen LogP contribution in [0.5, 0.6) is 0 Å². The lowest BCUT2D eigenvalue weighted by Gasteiger charge is -2.36. The molecule has 1 aromatic heterocycles. The van der Waals surface area contributed by atoms with E-state index in [1.807, 2.05) is 24.4 Å². The number of nitrogens with zero attached hydrogens (tertiary/aromatic N) is 4. The van der Waals surface area contributed by atoms with Crippen LogP contribution in [0.4, 0.5) is 0 Å². The second kappa shape index (κ2) is 8.70. The SMILES string of the molecule is CN=C(NCc1ccccn1)NCC(C)N1CCN(C)CC1. The van der Waals surface area contributed by atoms with Gasteiger partial charge in [-0.25, -0.2) is 0 Å². The predicted octanol–water partition coefficient (Wildman–Crippen LogP) is 0.383. The maximum Gasteiger partial charge on any atom is 0.191 e. The second-order valence-corrected chi connectivity index (χ2v) is 5.82. The summed E-state index contributed by atoms with van der Waals surface area (Å²) in [4.78, 5) is 13.5. The third-order valence-electron chi connectivity index (χ3n) is 4.11. The van der Waals surface area contributed by atoms with E-state index in [0.29, 0.717) is 12.6 Å². The number of rotatable bonds is 5. The van der Waals surface area contributed by atoms with Gasteiger partial charge >= 0.3 is 0 Å². The van der Waals surface area contributed by atoms with Gasteiger partial charge in [-0.3, -0.25) is 14.9 Å². The van der Waals surface area contributed by atoms with Crippen LogP contribution >= 0.6 is 0 Å². The topological polar surface area (TPSA) is 55.8 Å². The number of hydrogen-bond donors (Lipinski definition) is 2. The van der Waals surface area contributed by atoms with Gasteiger partial charge in [-0.15, -0.1) is 0 Å². The highest BCUT2D eigenvalue weighted by Gasteiger charge is 2.18. The van der Waals surface area contributed by atoms with Crippen molar-refractivity contribution in [1.29, 1.82) is 0 Å². The molecule has 1 aliphatic heterocycles. The van der Waals surface area contributed by atoms with Crippen LogP contribution in [0.25, 0.3) is 0 Å². The second-order valence-electron chi connectivity index (χ2n) is 5.82. The Balaban J connectivity index is 1.71. The van der Waals surface area contributed by atoms with E-state index < -0.39 is 0 Å². The lowest BCUT2D eigenvalue weighted by Crippen LogP contribution is -2.52. The molecule has 6 heteroatoms. The molecule has 122 valence electrons. The molecule has 0 aliphatic carbocycles. The van der Waals surface area contributed by atoms with Crippen molar-refractivity contribution in [3.8, 4) is 0 Å². The van der Waals surface area contributed by atoms with E-state index in [1.165, 1.54) is 0 Å². The highest BCUT2D eigenvalue weighted by atomic mass is 15.3. The molecule has 1 saturated heterocycles. The van der Waals surface area contributed by atoms with Gasteiger partial charge < -0.3 is 15.5 Å². The van der Waals surface area contributed by atoms with Crippen LogP contribution in [0, 0.1) is 0 Å². The zero-order chi connectivity index (χ0) is 15.8. The van der Waals surface area contributed by atoms with Gasteiger partial charge in [0.2, 0.25) is 0 Å². The van der Waals surface area contributed by atoms with Gasteiger partial charge in [-0.05, 0) is 26.1 Å². The van der Waals surface area contributed by atoms with Crippen LogP contribution in [0.3, 0.4) is 0 Å². The summed E-state index contributed by atoms with van der Waals surface area (Å²) >= 11 is 0. The Morgan fingerprint density at radius 2 is 2.05 bits per heavy atom. The molecule has 1 atom stereocenters. The Labute approximate surface area is 133 Å². The van der Waals surface area contributed by atoms with E-state index in [9.17, 15) is 0 Å². The van der Waals surface area contributed by atoms with Crippen molar-refractivity contribution in [2.75, 3.05) is 46.8 Å². The number of piperazine rings is 1. The van der Waals surface area contributed by atoms with Gasteiger partial charge in [0.05, 0.1) is 12.2 Å². The summed E-state index contributed by atoms with van der Waals surface area (Å²) in [5.74, 6) is 0.826. The standard InChI is InChI=1S/C16H28N6/c1-14(22-10-8-21(3)9-11-22)12-19-16(17-2)20-13-15-6-4-5-7-18-15/h4-7,14H,8-13H2,1-3H3,(H2,17,19,20). The Hall–Kier alpha value is -1.66. The molecule has 0 amide bonds. The van der Waals surface area contributed by atoms with Crippen LogP contribution in [0.1, 0.15) is 12.6 Å². The first-order valence-corrected chi connectivity index (χ1v) is 7.96. The van der Waals surface area contributed by atoms with E-state index in [4.69, 9.17) is 0 Å². The number of pyridine rings is 1. The maximum atomic E-state index is 4.30. The van der Waals surface area contributed by atoms with Crippen LogP contribution in [0.2, 0.25) is 0 Å². The molecular formula is C16H28N6. The molecule has 0 bridgehead atoms. The summed E-state index contributed by atoms with van der Waals surface area (Å²) in [6.45, 7) is 8.42. The minimum atomic E-state index is 0.502. The van der Waals surface area contributed by atoms with E-state index >= 15 is 0 Å². The molecule has 1 unspecified atom stereocenters. The van der Waals surface area contributed by atoms with Crippen molar-refractivity contribution in [3.63, 3.8) is 0 Å². The van der Waals surface area contributed by atoms with E-state index in [-0.39, 0.29) is 0 Å². The largest absolute Gasteiger partial charge is 0.355 e. The van der Waals surface area contributed by atoms with Gasteiger partial charge in [-0.2, -0.15) is 0 Å². The molecule has 0 aromatic carbocycles. The van der Waals surface area contributed by atoms with Crippen molar-refractivity contribution in [2.45, 2.75) is 19.5 Å². The van der Waals surface area contributed by atoms with Gasteiger partial charge in [0.25, 0.3) is 0 Å². The average molecular weight is 304 g/mol. The molecule has 2 heterocycles. The first-order valence-electron chi connectivity index (χ1n) is 7.96. The van der Waals surface area contributed by atoms with E-state index in [2.05, 4.69) is 44.4 Å². The zero-order valence-electron chi connectivity index (χ0n) is 13.9. The lowest BCUT2D eigenvalue weighted by atomic mass is 10.2. The fourth-order valence-electron chi connectivity index (χ4n) is 2.53. The zero-order valence-corrected chi connectivity index (χ0v) is 13.9. The number of likely N-dealkylation sites (N-methyl/N-ethyl adjacent to an activating group) is 1. The summed E-state index contributed by atoms with van der Waals surface area (Å²) in [7, 11) is 3.98. The summed E-state index contributed by atoms with van der Waals surface area (Å²) in [6.07, 6.45) is 1.81. The minimum absolute atomic E-state index is 0.502. The predicted molar refractivity (Wildman–Crippen MR) is 91.0 cm³/mol. The Kier molecular flexibility index (Phi) is 6.61. The number of hydrogen-bond acceptors (Lipinski definition) is 4. The third-order valence-corrected chi connectivity index (χ3v) is 4.11. The first-order chi connectivity index (χ1) is 10.7. The first kappa shape index (κ1) is 16.7. The molecule has 1 aromatic rings. The summed E-state index contributed by atoms with van der Waals surface area (Å²) in [5.41, 5.74) is 1.01. The highest BCUT2D eigenvalue weighted by Crippen LogP contribution is 2.03. The molecular weight excluding hydrogens is 276 g/mol. The summed E-state index contributed by atoms with van der Waals surface area (Å²) in [6, 6.07) is 6.43. The molecule has 2 rings (SSSR count). The van der Waals surface area contributed by atoms with Gasteiger partial charge in [-0.1, -0.05) is 6.07 Å². The fraction of sp³-hybridized carbons (Fsp3) is 0.625. The number of aromatic nitrogens is 1. The molecule has 6 nitrogen and oxygen atoms in total. The lowest BCUT2D eigenvalue weighted by molar-refractivity contribution is 0.120. The normalized spacial score (nSPS) is 19.0. The Morgan fingerprint density at radius 3 is 2.68 bits per heavy atom. The van der Waals surface area contributed by atoms with Crippen LogP contribution in [-0.4, -0.2) is 73.6 Å². The Morgan fingerprint density at radius 1 is 1.27 bits per heavy atom. The van der Waals surface area contributed by atoms with Crippen molar-refractivity contribution < 1.29 is 0 Å². The molecule has 1 fully saturated rings. The average Bonchev–Trinajstić information content (AvgIpc) is 2.56. The Bertz CT molecular complexity index is 453. The van der Waals surface area contributed by atoms with Gasteiger partial charge in [0.1, 0.15) is 0 Å². The smallest absolute Gasteiger partial charge is 0.191 e. The molecule has 1 aliphatic rings. The van der Waals surface area contributed by atoms with Crippen LogP contribution in [0.15, 0.2) is 29.4 Å². The minimum Gasteiger partial charge on any atom is -0.355 e. The number of guanidine groups is 1. The van der Waals surface area contributed by atoms with Crippen LogP contribution < -0.4 is 10.6 Å². The van der Waals surface area contributed by atoms with Crippen molar-refractivity contribution >= 4 is 5.96 Å². The summed E-state index contributed by atoms with van der Waals surface area (Å²) in [5, 5.41) is 6.70. The molecule has 22 heavy (non-hydrogen) atoms. The highest BCUT2D eigenvalue weighted by molar-refractivity contribution is 5.79.